The van der Waals surface area contributed by atoms with E-state index in [0.717, 1.165) is 18.7 Å². The summed E-state index contributed by atoms with van der Waals surface area (Å²) >= 11 is 0. The number of rotatable bonds is 3. The summed E-state index contributed by atoms with van der Waals surface area (Å²) in [4.78, 5) is 20.6. The van der Waals surface area contributed by atoms with Crippen molar-refractivity contribution in [3.8, 4) is 12.3 Å². The summed E-state index contributed by atoms with van der Waals surface area (Å²) in [6.45, 7) is 0.736. The molecule has 0 bridgehead atoms. The van der Waals surface area contributed by atoms with Gasteiger partial charge in [0.05, 0.1) is 6.54 Å². The quantitative estimate of drug-likeness (QED) is 0.340. The van der Waals surface area contributed by atoms with E-state index >= 15 is 0 Å². The number of hydrogen-bond donors (Lipinski definition) is 0. The molecule has 0 fully saturated rings. The first-order chi connectivity index (χ1) is 5.68. The lowest BCUT2D eigenvalue weighted by Gasteiger charge is -1.99. The van der Waals surface area contributed by atoms with Gasteiger partial charge in [-0.2, -0.15) is 0 Å². The van der Waals surface area contributed by atoms with Crippen molar-refractivity contribution in [2.75, 3.05) is 20.6 Å². The molecule has 0 aliphatic rings. The van der Waals surface area contributed by atoms with Crippen molar-refractivity contribution >= 4 is 12.6 Å². The molecule has 0 saturated heterocycles. The Labute approximate surface area is 73.1 Å². The van der Waals surface area contributed by atoms with E-state index in [1.54, 1.807) is 0 Å². The van der Waals surface area contributed by atoms with E-state index in [9.17, 15) is 9.59 Å². The summed E-state index contributed by atoms with van der Waals surface area (Å²) in [5.74, 6) is 2.49. The number of nitrogens with zero attached hydrogens (tertiary/aromatic N) is 1. The van der Waals surface area contributed by atoms with Gasteiger partial charge in [0.25, 0.3) is 0 Å². The first-order valence-corrected chi connectivity index (χ1v) is 3.32. The first-order valence-electron chi connectivity index (χ1n) is 3.32. The second-order valence-corrected chi connectivity index (χ2v) is 2.10. The number of hydrogen-bond acceptors (Lipinski definition) is 3. The van der Waals surface area contributed by atoms with Crippen molar-refractivity contribution in [3.63, 3.8) is 0 Å². The van der Waals surface area contributed by atoms with Crippen LogP contribution in [0.3, 0.4) is 0 Å². The molecule has 0 radical (unpaired) electrons. The van der Waals surface area contributed by atoms with Crippen molar-refractivity contribution in [2.24, 2.45) is 0 Å². The lowest BCUT2D eigenvalue weighted by atomic mass is 10.6. The standard InChI is InChI=1S/C5H9N.C4H4O2/c1-4-5-6(2)3;5-3-1-2-4-6/h1H,5H2,2-3H3;1-4H/b;2-1-. The largest absolute Gasteiger partial charge is 0.299 e. The Morgan fingerprint density at radius 3 is 1.75 bits per heavy atom. The Bertz CT molecular complexity index is 167. The zero-order valence-electron chi connectivity index (χ0n) is 7.36. The summed E-state index contributed by atoms with van der Waals surface area (Å²) < 4.78 is 0. The number of allylic oxidation sites excluding steroid dienone is 2. The van der Waals surface area contributed by atoms with E-state index < -0.39 is 0 Å². The zero-order valence-corrected chi connectivity index (χ0v) is 7.36. The summed E-state index contributed by atoms with van der Waals surface area (Å²) in [6, 6.07) is 0. The highest BCUT2D eigenvalue weighted by atomic mass is 16.1. The molecule has 0 amide bonds. The van der Waals surface area contributed by atoms with Crippen LogP contribution in [0, 0.1) is 12.3 Å². The Morgan fingerprint density at radius 2 is 1.67 bits per heavy atom. The molecule has 0 atom stereocenters. The van der Waals surface area contributed by atoms with Crippen molar-refractivity contribution in [1.29, 1.82) is 0 Å². The summed E-state index contributed by atoms with van der Waals surface area (Å²) in [5.41, 5.74) is 0. The lowest BCUT2D eigenvalue weighted by molar-refractivity contribution is -0.106. The van der Waals surface area contributed by atoms with Crippen LogP contribution in [0.25, 0.3) is 0 Å². The monoisotopic (exact) mass is 167 g/mol. The van der Waals surface area contributed by atoms with Crippen LogP contribution in [0.1, 0.15) is 0 Å². The molecular formula is C9H13NO2. The lowest BCUT2D eigenvalue weighted by Crippen LogP contribution is -2.10. The highest BCUT2D eigenvalue weighted by molar-refractivity contribution is 5.75. The average molecular weight is 167 g/mol. The highest BCUT2D eigenvalue weighted by Gasteiger charge is 1.75. The minimum atomic E-state index is 0.550. The van der Waals surface area contributed by atoms with Gasteiger partial charge in [0.1, 0.15) is 12.6 Å². The third-order valence-electron chi connectivity index (χ3n) is 0.676. The van der Waals surface area contributed by atoms with Gasteiger partial charge in [-0.1, -0.05) is 5.92 Å². The Balaban J connectivity index is 0. The number of aldehydes is 2. The molecular weight excluding hydrogens is 154 g/mol. The zero-order chi connectivity index (χ0) is 9.82. The van der Waals surface area contributed by atoms with Crippen LogP contribution in [-0.2, 0) is 9.59 Å². The molecule has 0 rings (SSSR count). The molecule has 12 heavy (non-hydrogen) atoms. The van der Waals surface area contributed by atoms with E-state index in [1.165, 1.54) is 0 Å². The fourth-order valence-electron chi connectivity index (χ4n) is 0.273. The Hall–Kier alpha value is -1.40. The van der Waals surface area contributed by atoms with Gasteiger partial charge in [-0.15, -0.1) is 6.42 Å². The maximum atomic E-state index is 9.32. The minimum absolute atomic E-state index is 0.550. The van der Waals surface area contributed by atoms with E-state index in [0.29, 0.717) is 12.6 Å². The number of carbonyl (C=O) groups excluding carboxylic acids is 2. The van der Waals surface area contributed by atoms with Gasteiger partial charge in [0.15, 0.2) is 0 Å². The van der Waals surface area contributed by atoms with Gasteiger partial charge in [0, 0.05) is 0 Å². The molecule has 0 saturated carbocycles. The molecule has 0 spiro atoms. The molecule has 0 heterocycles. The van der Waals surface area contributed by atoms with E-state index in [1.807, 2.05) is 19.0 Å². The molecule has 3 nitrogen and oxygen atoms in total. The summed E-state index contributed by atoms with van der Waals surface area (Å²) in [6.07, 6.45) is 8.30. The number of terminal acetylenes is 1. The van der Waals surface area contributed by atoms with Crippen LogP contribution < -0.4 is 0 Å². The van der Waals surface area contributed by atoms with E-state index in [-0.39, 0.29) is 0 Å². The topological polar surface area (TPSA) is 37.4 Å². The van der Waals surface area contributed by atoms with Crippen LogP contribution in [0.15, 0.2) is 12.2 Å². The van der Waals surface area contributed by atoms with Crippen molar-refractivity contribution in [3.05, 3.63) is 12.2 Å². The van der Waals surface area contributed by atoms with Crippen molar-refractivity contribution < 1.29 is 9.59 Å². The number of carbonyl (C=O) groups is 2. The molecule has 3 heteroatoms. The van der Waals surface area contributed by atoms with Crippen LogP contribution in [0.2, 0.25) is 0 Å². The van der Waals surface area contributed by atoms with Crippen LogP contribution in [0.4, 0.5) is 0 Å². The normalized spacial score (nSPS) is 8.50. The van der Waals surface area contributed by atoms with Gasteiger partial charge < -0.3 is 0 Å². The molecule has 0 aromatic carbocycles. The third kappa shape index (κ3) is 23.5. The van der Waals surface area contributed by atoms with Gasteiger partial charge in [-0.3, -0.25) is 14.5 Å². The fraction of sp³-hybridized carbons (Fsp3) is 0.333. The van der Waals surface area contributed by atoms with Crippen LogP contribution in [-0.4, -0.2) is 38.1 Å². The predicted octanol–water partition coefficient (Wildman–Crippen LogP) is 0.122. The molecule has 0 aromatic heterocycles. The summed E-state index contributed by atoms with van der Waals surface area (Å²) in [5, 5.41) is 0. The minimum Gasteiger partial charge on any atom is -0.299 e. The van der Waals surface area contributed by atoms with Gasteiger partial charge in [-0.05, 0) is 26.2 Å². The first kappa shape index (κ1) is 13.2. The van der Waals surface area contributed by atoms with Crippen LogP contribution >= 0.6 is 0 Å². The molecule has 0 aromatic rings. The molecule has 0 N–H and O–H groups in total. The SMILES string of the molecule is C#CCN(C)C.O=C/C=C\C=O. The Kier molecular flexibility index (Phi) is 13.5. The molecule has 0 unspecified atom stereocenters. The van der Waals surface area contributed by atoms with Crippen molar-refractivity contribution in [1.82, 2.24) is 4.90 Å². The van der Waals surface area contributed by atoms with Gasteiger partial charge >= 0.3 is 0 Å². The third-order valence-corrected chi connectivity index (χ3v) is 0.676. The smallest absolute Gasteiger partial charge is 0.142 e. The molecule has 0 aliphatic carbocycles. The maximum absolute atomic E-state index is 9.32. The van der Waals surface area contributed by atoms with Crippen molar-refractivity contribution in [2.45, 2.75) is 0 Å². The average Bonchev–Trinajstić information content (AvgIpc) is 2.02. The van der Waals surface area contributed by atoms with Gasteiger partial charge in [0.2, 0.25) is 0 Å². The van der Waals surface area contributed by atoms with E-state index in [4.69, 9.17) is 6.42 Å². The second kappa shape index (κ2) is 12.3. The highest BCUT2D eigenvalue weighted by Crippen LogP contribution is 1.64. The van der Waals surface area contributed by atoms with Crippen LogP contribution in [0.5, 0.6) is 0 Å². The molecule has 0 aliphatic heterocycles. The predicted molar refractivity (Wildman–Crippen MR) is 48.7 cm³/mol. The fourth-order valence-corrected chi connectivity index (χ4v) is 0.273. The Morgan fingerprint density at radius 1 is 1.25 bits per heavy atom. The van der Waals surface area contributed by atoms with E-state index in [2.05, 4.69) is 5.92 Å². The summed E-state index contributed by atoms with van der Waals surface area (Å²) in [7, 11) is 3.89. The second-order valence-electron chi connectivity index (χ2n) is 2.10. The van der Waals surface area contributed by atoms with Gasteiger partial charge in [-0.25, -0.2) is 0 Å². The maximum Gasteiger partial charge on any atom is 0.142 e. The molecule has 66 valence electrons.